The number of benzene rings is 2. The summed E-state index contributed by atoms with van der Waals surface area (Å²) in [7, 11) is 0. The Morgan fingerprint density at radius 1 is 1.26 bits per heavy atom. The number of carbonyl (C=O) groups excluding carboxylic acids is 1. The van der Waals surface area contributed by atoms with Gasteiger partial charge in [-0.15, -0.1) is 0 Å². The van der Waals surface area contributed by atoms with Crippen molar-refractivity contribution >= 4 is 40.0 Å². The van der Waals surface area contributed by atoms with Crippen LogP contribution in [0.4, 0.5) is 20.6 Å². The number of fused-ring (bicyclic) bond motifs is 1. The predicted molar refractivity (Wildman–Crippen MR) is 98.5 cm³/mol. The first kappa shape index (κ1) is 16.0. The summed E-state index contributed by atoms with van der Waals surface area (Å²) >= 11 is 2.18. The lowest BCUT2D eigenvalue weighted by atomic mass is 10.2. The normalized spacial score (nSPS) is 12.9. The number of nitrogens with zero attached hydrogens (tertiary/aromatic N) is 1. The van der Waals surface area contributed by atoms with E-state index in [2.05, 4.69) is 38.1 Å². The van der Waals surface area contributed by atoms with E-state index in [9.17, 15) is 9.18 Å². The number of rotatable bonds is 4. The SMILES string of the molecule is O=C(NCCN1CCc2cc(F)ccc21)Nc1ccccc1I. The molecule has 2 aromatic carbocycles. The molecule has 0 bridgehead atoms. The van der Waals surface area contributed by atoms with Gasteiger partial charge in [-0.05, 0) is 64.9 Å². The van der Waals surface area contributed by atoms with E-state index in [1.165, 1.54) is 6.07 Å². The van der Waals surface area contributed by atoms with E-state index in [1.54, 1.807) is 6.07 Å². The zero-order valence-electron chi connectivity index (χ0n) is 12.5. The summed E-state index contributed by atoms with van der Waals surface area (Å²) in [5, 5.41) is 5.69. The third-order valence-corrected chi connectivity index (χ3v) is 4.76. The summed E-state index contributed by atoms with van der Waals surface area (Å²) in [5.41, 5.74) is 2.90. The van der Waals surface area contributed by atoms with Gasteiger partial charge in [0.05, 0.1) is 5.69 Å². The first-order valence-electron chi connectivity index (χ1n) is 7.46. The number of amides is 2. The van der Waals surface area contributed by atoms with Gasteiger partial charge in [0, 0.05) is 28.9 Å². The van der Waals surface area contributed by atoms with Gasteiger partial charge < -0.3 is 15.5 Å². The van der Waals surface area contributed by atoms with E-state index in [0.29, 0.717) is 13.1 Å². The maximum absolute atomic E-state index is 13.2. The smallest absolute Gasteiger partial charge is 0.319 e. The zero-order valence-corrected chi connectivity index (χ0v) is 14.6. The summed E-state index contributed by atoms with van der Waals surface area (Å²) < 4.78 is 14.2. The molecular weight excluding hydrogens is 408 g/mol. The highest BCUT2D eigenvalue weighted by molar-refractivity contribution is 14.1. The van der Waals surface area contributed by atoms with Crippen molar-refractivity contribution in [3.05, 3.63) is 57.4 Å². The fraction of sp³-hybridized carbons (Fsp3) is 0.235. The van der Waals surface area contributed by atoms with E-state index < -0.39 is 0 Å². The van der Waals surface area contributed by atoms with E-state index >= 15 is 0 Å². The first-order chi connectivity index (χ1) is 11.1. The van der Waals surface area contributed by atoms with Crippen molar-refractivity contribution in [1.82, 2.24) is 5.32 Å². The lowest BCUT2D eigenvalue weighted by molar-refractivity contribution is 0.252. The average molecular weight is 425 g/mol. The molecule has 1 heterocycles. The average Bonchev–Trinajstić information content (AvgIpc) is 2.92. The molecule has 0 spiro atoms. The third-order valence-electron chi connectivity index (χ3n) is 3.82. The maximum atomic E-state index is 13.2. The number of anilines is 2. The summed E-state index contributed by atoms with van der Waals surface area (Å²) in [6.45, 7) is 2.10. The van der Waals surface area contributed by atoms with Gasteiger partial charge >= 0.3 is 6.03 Å². The molecule has 4 nitrogen and oxygen atoms in total. The molecule has 0 fully saturated rings. The number of halogens is 2. The van der Waals surface area contributed by atoms with Crippen LogP contribution in [0.2, 0.25) is 0 Å². The monoisotopic (exact) mass is 425 g/mol. The van der Waals surface area contributed by atoms with E-state index in [-0.39, 0.29) is 11.8 Å². The van der Waals surface area contributed by atoms with Gasteiger partial charge in [0.25, 0.3) is 0 Å². The highest BCUT2D eigenvalue weighted by Crippen LogP contribution is 2.27. The molecule has 0 atom stereocenters. The highest BCUT2D eigenvalue weighted by Gasteiger charge is 2.19. The number of hydrogen-bond donors (Lipinski definition) is 2. The molecule has 6 heteroatoms. The quantitative estimate of drug-likeness (QED) is 0.736. The maximum Gasteiger partial charge on any atom is 0.319 e. The molecule has 0 saturated carbocycles. The molecule has 1 aliphatic heterocycles. The molecule has 0 aromatic heterocycles. The largest absolute Gasteiger partial charge is 0.369 e. The van der Waals surface area contributed by atoms with Crippen LogP contribution < -0.4 is 15.5 Å². The standard InChI is InChI=1S/C17H17FIN3O/c18-13-5-6-16-12(11-13)7-9-22(16)10-8-20-17(23)21-15-4-2-1-3-14(15)19/h1-6,11H,7-10H2,(H2,20,21,23). The van der Waals surface area contributed by atoms with Crippen LogP contribution in [-0.2, 0) is 6.42 Å². The zero-order chi connectivity index (χ0) is 16.2. The molecular formula is C17H17FIN3O. The third kappa shape index (κ3) is 3.93. The van der Waals surface area contributed by atoms with Crippen LogP contribution >= 0.6 is 22.6 Å². The lowest BCUT2D eigenvalue weighted by Gasteiger charge is -2.19. The Kier molecular flexibility index (Phi) is 5.00. The highest BCUT2D eigenvalue weighted by atomic mass is 127. The minimum atomic E-state index is -0.215. The molecule has 1 aliphatic rings. The minimum Gasteiger partial charge on any atom is -0.369 e. The molecule has 0 aliphatic carbocycles. The van der Waals surface area contributed by atoms with Crippen LogP contribution in [-0.4, -0.2) is 25.7 Å². The second kappa shape index (κ2) is 7.16. The van der Waals surface area contributed by atoms with Crippen LogP contribution in [0, 0.1) is 9.39 Å². The van der Waals surface area contributed by atoms with Crippen LogP contribution in [0.15, 0.2) is 42.5 Å². The molecule has 3 rings (SSSR count). The number of nitrogens with one attached hydrogen (secondary N) is 2. The van der Waals surface area contributed by atoms with Crippen molar-refractivity contribution in [3.8, 4) is 0 Å². The Morgan fingerprint density at radius 2 is 2.09 bits per heavy atom. The van der Waals surface area contributed by atoms with Crippen molar-refractivity contribution in [2.75, 3.05) is 29.9 Å². The molecule has 2 amide bonds. The van der Waals surface area contributed by atoms with Crippen LogP contribution in [0.25, 0.3) is 0 Å². The Labute approximate surface area is 148 Å². The van der Waals surface area contributed by atoms with Gasteiger partial charge in [-0.1, -0.05) is 12.1 Å². The number of para-hydroxylation sites is 1. The predicted octanol–water partition coefficient (Wildman–Crippen LogP) is 3.61. The van der Waals surface area contributed by atoms with Crippen LogP contribution in [0.1, 0.15) is 5.56 Å². The van der Waals surface area contributed by atoms with Gasteiger partial charge in [0.15, 0.2) is 0 Å². The Bertz CT molecular complexity index is 723. The summed E-state index contributed by atoms with van der Waals surface area (Å²) in [5.74, 6) is -0.194. The molecule has 2 N–H and O–H groups in total. The van der Waals surface area contributed by atoms with Crippen LogP contribution in [0.5, 0.6) is 0 Å². The Balaban J connectivity index is 1.49. The van der Waals surface area contributed by atoms with Gasteiger partial charge in [0.2, 0.25) is 0 Å². The van der Waals surface area contributed by atoms with Gasteiger partial charge in [-0.25, -0.2) is 9.18 Å². The second-order valence-corrected chi connectivity index (χ2v) is 6.53. The molecule has 0 unspecified atom stereocenters. The van der Waals surface area contributed by atoms with Gasteiger partial charge in [0.1, 0.15) is 5.82 Å². The molecule has 23 heavy (non-hydrogen) atoms. The lowest BCUT2D eigenvalue weighted by Crippen LogP contribution is -2.36. The summed E-state index contributed by atoms with van der Waals surface area (Å²) in [4.78, 5) is 14.1. The van der Waals surface area contributed by atoms with Crippen molar-refractivity contribution in [2.45, 2.75) is 6.42 Å². The number of carbonyl (C=O) groups is 1. The molecule has 0 saturated heterocycles. The molecule has 120 valence electrons. The van der Waals surface area contributed by atoms with E-state index in [1.807, 2.05) is 30.3 Å². The Morgan fingerprint density at radius 3 is 2.91 bits per heavy atom. The van der Waals surface area contributed by atoms with Gasteiger partial charge in [-0.2, -0.15) is 0 Å². The summed E-state index contributed by atoms with van der Waals surface area (Å²) in [6, 6.07) is 12.3. The number of urea groups is 1. The molecule has 0 radical (unpaired) electrons. The van der Waals surface area contributed by atoms with Crippen molar-refractivity contribution in [2.24, 2.45) is 0 Å². The fourth-order valence-corrected chi connectivity index (χ4v) is 3.23. The first-order valence-corrected chi connectivity index (χ1v) is 8.54. The fourth-order valence-electron chi connectivity index (χ4n) is 2.70. The second-order valence-electron chi connectivity index (χ2n) is 5.37. The van der Waals surface area contributed by atoms with Crippen molar-refractivity contribution in [3.63, 3.8) is 0 Å². The molecule has 2 aromatic rings. The topological polar surface area (TPSA) is 44.4 Å². The van der Waals surface area contributed by atoms with Crippen molar-refractivity contribution < 1.29 is 9.18 Å². The van der Waals surface area contributed by atoms with E-state index in [4.69, 9.17) is 0 Å². The minimum absolute atomic E-state index is 0.194. The van der Waals surface area contributed by atoms with Crippen LogP contribution in [0.3, 0.4) is 0 Å². The Hall–Kier alpha value is -1.83. The summed E-state index contributed by atoms with van der Waals surface area (Å²) in [6.07, 6.45) is 0.849. The number of hydrogen-bond acceptors (Lipinski definition) is 2. The van der Waals surface area contributed by atoms with Crippen molar-refractivity contribution in [1.29, 1.82) is 0 Å². The van der Waals surface area contributed by atoms with E-state index in [0.717, 1.165) is 33.5 Å². The van der Waals surface area contributed by atoms with Gasteiger partial charge in [-0.3, -0.25) is 0 Å².